The van der Waals surface area contributed by atoms with E-state index in [0.717, 1.165) is 13.1 Å². The van der Waals surface area contributed by atoms with Crippen LogP contribution in [0.25, 0.3) is 0 Å². The molecule has 0 radical (unpaired) electrons. The van der Waals surface area contributed by atoms with Gasteiger partial charge in [-0.05, 0) is 64.8 Å². The Kier molecular flexibility index (Phi) is 4.87. The zero-order valence-corrected chi connectivity index (χ0v) is 13.8. The van der Waals surface area contributed by atoms with Gasteiger partial charge in [-0.1, -0.05) is 30.7 Å². The number of aryl methyl sites for hydroxylation is 2. The molecule has 0 aromatic heterocycles. The van der Waals surface area contributed by atoms with E-state index in [1.165, 1.54) is 36.1 Å². The minimum Gasteiger partial charge on any atom is -0.309 e. The van der Waals surface area contributed by atoms with Crippen LogP contribution in [-0.4, -0.2) is 30.1 Å². The number of rotatable bonds is 5. The smallest absolute Gasteiger partial charge is 0.0452 e. The van der Waals surface area contributed by atoms with Gasteiger partial charge in [-0.25, -0.2) is 0 Å². The molecule has 0 amide bonds. The number of benzene rings is 1. The first kappa shape index (κ1) is 15.5. The fourth-order valence-electron chi connectivity index (χ4n) is 3.38. The largest absolute Gasteiger partial charge is 0.309 e. The maximum atomic E-state index is 3.69. The third-order valence-electron chi connectivity index (χ3n) is 4.74. The van der Waals surface area contributed by atoms with Crippen molar-refractivity contribution in [2.45, 2.75) is 59.0 Å². The molecule has 1 aromatic rings. The number of hydrogen-bond acceptors (Lipinski definition) is 2. The number of likely N-dealkylation sites (tertiary alicyclic amines) is 1. The van der Waals surface area contributed by atoms with Gasteiger partial charge in [0, 0.05) is 18.1 Å². The molecule has 1 fully saturated rings. The van der Waals surface area contributed by atoms with Crippen LogP contribution in [0, 0.1) is 13.8 Å². The van der Waals surface area contributed by atoms with Crippen LogP contribution in [-0.2, 0) is 0 Å². The summed E-state index contributed by atoms with van der Waals surface area (Å²) in [7, 11) is 0. The molecule has 0 aliphatic carbocycles. The Morgan fingerprint density at radius 2 is 2.05 bits per heavy atom. The highest BCUT2D eigenvalue weighted by Crippen LogP contribution is 2.31. The summed E-state index contributed by atoms with van der Waals surface area (Å²) in [4.78, 5) is 2.65. The van der Waals surface area contributed by atoms with E-state index in [2.05, 4.69) is 63.0 Å². The second-order valence-corrected chi connectivity index (χ2v) is 6.83. The highest BCUT2D eigenvalue weighted by Gasteiger charge is 2.33. The standard InChI is InChI=1S/C18H30N2/c1-6-19-17(13-20-11-7-10-18(20,4)5)16-12-14(2)8-9-15(16)3/h8-9,12,17,19H,6-7,10-11,13H2,1-5H3. The molecule has 1 aliphatic heterocycles. The Morgan fingerprint density at radius 1 is 1.30 bits per heavy atom. The summed E-state index contributed by atoms with van der Waals surface area (Å²) in [6.07, 6.45) is 2.65. The molecule has 1 saturated heterocycles. The van der Waals surface area contributed by atoms with Gasteiger partial charge < -0.3 is 5.32 Å². The van der Waals surface area contributed by atoms with E-state index in [1.54, 1.807) is 0 Å². The molecule has 1 aliphatic rings. The van der Waals surface area contributed by atoms with Crippen molar-refractivity contribution in [1.29, 1.82) is 0 Å². The van der Waals surface area contributed by atoms with Gasteiger partial charge in [0.25, 0.3) is 0 Å². The maximum Gasteiger partial charge on any atom is 0.0452 e. The summed E-state index contributed by atoms with van der Waals surface area (Å²) in [5.41, 5.74) is 4.58. The molecular formula is C18H30N2. The van der Waals surface area contributed by atoms with Gasteiger partial charge in [-0.2, -0.15) is 0 Å². The van der Waals surface area contributed by atoms with Crippen molar-refractivity contribution in [1.82, 2.24) is 10.2 Å². The third-order valence-corrected chi connectivity index (χ3v) is 4.74. The molecule has 1 atom stereocenters. The molecule has 20 heavy (non-hydrogen) atoms. The van der Waals surface area contributed by atoms with Crippen molar-refractivity contribution in [3.05, 3.63) is 34.9 Å². The lowest BCUT2D eigenvalue weighted by Crippen LogP contribution is -2.43. The van der Waals surface area contributed by atoms with Crippen LogP contribution in [0.1, 0.15) is 56.3 Å². The highest BCUT2D eigenvalue weighted by atomic mass is 15.2. The molecule has 1 aromatic carbocycles. The van der Waals surface area contributed by atoms with Gasteiger partial charge >= 0.3 is 0 Å². The van der Waals surface area contributed by atoms with Gasteiger partial charge in [0.2, 0.25) is 0 Å². The van der Waals surface area contributed by atoms with Crippen molar-refractivity contribution in [3.63, 3.8) is 0 Å². The lowest BCUT2D eigenvalue weighted by molar-refractivity contribution is 0.157. The molecule has 2 rings (SSSR count). The zero-order chi connectivity index (χ0) is 14.8. The van der Waals surface area contributed by atoms with E-state index in [1.807, 2.05) is 0 Å². The molecule has 1 heterocycles. The van der Waals surface area contributed by atoms with Crippen LogP contribution in [0.3, 0.4) is 0 Å². The number of nitrogens with one attached hydrogen (secondary N) is 1. The van der Waals surface area contributed by atoms with Crippen LogP contribution < -0.4 is 5.32 Å². The summed E-state index contributed by atoms with van der Waals surface area (Å²) in [6, 6.07) is 7.26. The molecule has 1 unspecified atom stereocenters. The van der Waals surface area contributed by atoms with E-state index >= 15 is 0 Å². The minimum absolute atomic E-state index is 0.353. The average Bonchev–Trinajstić information content (AvgIpc) is 2.71. The maximum absolute atomic E-state index is 3.69. The first-order valence-electron chi connectivity index (χ1n) is 7.99. The topological polar surface area (TPSA) is 15.3 Å². The third kappa shape index (κ3) is 3.42. The van der Waals surface area contributed by atoms with Crippen molar-refractivity contribution in [3.8, 4) is 0 Å². The van der Waals surface area contributed by atoms with Gasteiger partial charge in [-0.15, -0.1) is 0 Å². The quantitative estimate of drug-likeness (QED) is 0.878. The molecule has 1 N–H and O–H groups in total. The van der Waals surface area contributed by atoms with Crippen molar-refractivity contribution >= 4 is 0 Å². The zero-order valence-electron chi connectivity index (χ0n) is 13.8. The lowest BCUT2D eigenvalue weighted by atomic mass is 9.96. The van der Waals surface area contributed by atoms with Gasteiger partial charge in [-0.3, -0.25) is 4.90 Å². The monoisotopic (exact) mass is 274 g/mol. The molecular weight excluding hydrogens is 244 g/mol. The van der Waals surface area contributed by atoms with Crippen LogP contribution in [0.2, 0.25) is 0 Å². The summed E-state index contributed by atoms with van der Waals surface area (Å²) in [5, 5.41) is 3.69. The molecule has 2 nitrogen and oxygen atoms in total. The SMILES string of the molecule is CCNC(CN1CCCC1(C)C)c1cc(C)ccc1C. The summed E-state index contributed by atoms with van der Waals surface area (Å²) in [5.74, 6) is 0. The van der Waals surface area contributed by atoms with Crippen LogP contribution in [0.15, 0.2) is 18.2 Å². The highest BCUT2D eigenvalue weighted by molar-refractivity contribution is 5.33. The van der Waals surface area contributed by atoms with E-state index in [-0.39, 0.29) is 0 Å². The second kappa shape index (κ2) is 6.28. The number of likely N-dealkylation sites (N-methyl/N-ethyl adjacent to an activating group) is 1. The predicted molar refractivity (Wildman–Crippen MR) is 87.2 cm³/mol. The Hall–Kier alpha value is -0.860. The molecule has 0 saturated carbocycles. The fourth-order valence-corrected chi connectivity index (χ4v) is 3.38. The van der Waals surface area contributed by atoms with Crippen molar-refractivity contribution < 1.29 is 0 Å². The van der Waals surface area contributed by atoms with Crippen LogP contribution in [0.4, 0.5) is 0 Å². The normalized spacial score (nSPS) is 20.2. The first-order chi connectivity index (χ1) is 9.44. The Morgan fingerprint density at radius 3 is 2.65 bits per heavy atom. The number of nitrogens with zero attached hydrogens (tertiary/aromatic N) is 1. The van der Waals surface area contributed by atoms with Gasteiger partial charge in [0.1, 0.15) is 0 Å². The molecule has 0 bridgehead atoms. The Bertz CT molecular complexity index is 451. The summed E-state index contributed by atoms with van der Waals surface area (Å²) < 4.78 is 0. The van der Waals surface area contributed by atoms with Crippen molar-refractivity contribution in [2.24, 2.45) is 0 Å². The van der Waals surface area contributed by atoms with E-state index in [0.29, 0.717) is 11.6 Å². The van der Waals surface area contributed by atoms with Crippen molar-refractivity contribution in [2.75, 3.05) is 19.6 Å². The van der Waals surface area contributed by atoms with Gasteiger partial charge in [0.15, 0.2) is 0 Å². The first-order valence-corrected chi connectivity index (χ1v) is 7.99. The Labute approximate surface area is 124 Å². The minimum atomic E-state index is 0.353. The van der Waals surface area contributed by atoms with E-state index in [9.17, 15) is 0 Å². The summed E-state index contributed by atoms with van der Waals surface area (Å²) in [6.45, 7) is 14.8. The van der Waals surface area contributed by atoms with Gasteiger partial charge in [0.05, 0.1) is 0 Å². The van der Waals surface area contributed by atoms with Crippen LogP contribution in [0.5, 0.6) is 0 Å². The molecule has 0 spiro atoms. The lowest BCUT2D eigenvalue weighted by Gasteiger charge is -2.35. The van der Waals surface area contributed by atoms with Crippen LogP contribution >= 0.6 is 0 Å². The molecule has 2 heteroatoms. The fraction of sp³-hybridized carbons (Fsp3) is 0.667. The summed E-state index contributed by atoms with van der Waals surface area (Å²) >= 11 is 0. The van der Waals surface area contributed by atoms with E-state index < -0.39 is 0 Å². The molecule has 112 valence electrons. The average molecular weight is 274 g/mol. The second-order valence-electron chi connectivity index (χ2n) is 6.83. The van der Waals surface area contributed by atoms with E-state index in [4.69, 9.17) is 0 Å². The Balaban J connectivity index is 2.20. The predicted octanol–water partition coefficient (Wildman–Crippen LogP) is 3.83. The number of hydrogen-bond donors (Lipinski definition) is 1.